The Bertz CT molecular complexity index is 1490. The lowest BCUT2D eigenvalue weighted by Crippen LogP contribution is -2.08. The first-order chi connectivity index (χ1) is 17.6. The number of phenolic OH excluding ortho intramolecular Hbond substituents is 1. The number of ether oxygens (including phenoxy) is 1. The minimum absolute atomic E-state index is 0.147. The Morgan fingerprint density at radius 1 is 0.811 bits per heavy atom. The van der Waals surface area contributed by atoms with Gasteiger partial charge in [0.05, 0.1) is 7.11 Å². The topological polar surface area (TPSA) is 121 Å². The van der Waals surface area contributed by atoms with Crippen LogP contribution < -0.4 is 15.9 Å². The zero-order chi connectivity index (χ0) is 26.9. The third-order valence-corrected chi connectivity index (χ3v) is 7.29. The molecule has 8 nitrogen and oxygen atoms in total. The Morgan fingerprint density at radius 3 is 1.78 bits per heavy atom. The van der Waals surface area contributed by atoms with E-state index in [1.807, 2.05) is 12.1 Å². The summed E-state index contributed by atoms with van der Waals surface area (Å²) in [4.78, 5) is 36.4. The van der Waals surface area contributed by atoms with Gasteiger partial charge in [-0.05, 0) is 61.4 Å². The van der Waals surface area contributed by atoms with E-state index in [-0.39, 0.29) is 16.9 Å². The normalized spacial score (nSPS) is 10.5. The van der Waals surface area contributed by atoms with Gasteiger partial charge in [0, 0.05) is 45.1 Å². The Kier molecular flexibility index (Phi) is 10.5. The third-order valence-electron chi connectivity index (χ3n) is 4.71. The molecule has 194 valence electrons. The molecule has 0 atom stereocenters. The van der Waals surface area contributed by atoms with Crippen molar-refractivity contribution in [1.82, 2.24) is 19.9 Å². The van der Waals surface area contributed by atoms with Crippen molar-refractivity contribution in [1.29, 1.82) is 0 Å². The second-order valence-electron chi connectivity index (χ2n) is 7.69. The van der Waals surface area contributed by atoms with Crippen LogP contribution in [0.3, 0.4) is 0 Å². The van der Waals surface area contributed by atoms with Gasteiger partial charge in [0.2, 0.25) is 0 Å². The van der Waals surface area contributed by atoms with Crippen LogP contribution in [-0.2, 0) is 11.5 Å². The molecule has 0 saturated carbocycles. The molecular formula is C25H24Cl2N4O4S2. The molecule has 3 N–H and O–H groups in total. The minimum atomic E-state index is -0.174. The molecule has 4 rings (SSSR count). The van der Waals surface area contributed by atoms with Crippen LogP contribution in [0.25, 0.3) is 0 Å². The summed E-state index contributed by atoms with van der Waals surface area (Å²) in [6, 6.07) is 13.1. The number of aromatic amines is 2. The Labute approximate surface area is 231 Å². The van der Waals surface area contributed by atoms with Gasteiger partial charge < -0.3 is 19.8 Å². The standard InChI is InChI=1S/C13H13ClN2O2S.C12H11ClN2O2S/c1-8-5-12(17)16-13(15-8)19-7-9-6-10(18-2)3-4-11(9)14;1-7-4-11(17)15-12(14-7)18-6-8-5-9(16)2-3-10(8)13/h3-6H,7H2,1-2H3,(H,15,16,17);2-5,16H,6H2,1H3,(H,14,15,17). The number of H-pyrrole nitrogens is 2. The maximum Gasteiger partial charge on any atom is 0.251 e. The molecule has 2 heterocycles. The second-order valence-corrected chi connectivity index (χ2v) is 10.4. The first-order valence-electron chi connectivity index (χ1n) is 10.8. The molecule has 0 spiro atoms. The summed E-state index contributed by atoms with van der Waals surface area (Å²) in [5, 5.41) is 11.8. The van der Waals surface area contributed by atoms with E-state index < -0.39 is 0 Å². The molecule has 4 aromatic rings. The SMILES string of the molecule is COc1ccc(Cl)c(CSc2nc(C)cc(=O)[nH]2)c1.Cc1cc(=O)[nH]c(SCc2cc(O)ccc2Cl)n1. The molecule has 0 unspecified atom stereocenters. The maximum absolute atomic E-state index is 11.3. The number of halogens is 2. The highest BCUT2D eigenvalue weighted by molar-refractivity contribution is 7.98. The average molecular weight is 580 g/mol. The molecule has 2 aromatic heterocycles. The first-order valence-corrected chi connectivity index (χ1v) is 13.6. The van der Waals surface area contributed by atoms with Crippen LogP contribution in [0.5, 0.6) is 11.5 Å². The summed E-state index contributed by atoms with van der Waals surface area (Å²) in [7, 11) is 1.61. The van der Waals surface area contributed by atoms with Gasteiger partial charge in [0.1, 0.15) is 11.5 Å². The van der Waals surface area contributed by atoms with E-state index in [9.17, 15) is 14.7 Å². The predicted octanol–water partition coefficient (Wildman–Crippen LogP) is 5.76. The lowest BCUT2D eigenvalue weighted by atomic mass is 10.2. The number of rotatable bonds is 7. The number of hydrogen-bond donors (Lipinski definition) is 3. The van der Waals surface area contributed by atoms with E-state index in [0.29, 0.717) is 43.3 Å². The van der Waals surface area contributed by atoms with E-state index in [4.69, 9.17) is 27.9 Å². The number of benzene rings is 2. The fourth-order valence-corrected chi connectivity index (χ4v) is 5.34. The van der Waals surface area contributed by atoms with Crippen molar-refractivity contribution in [3.8, 4) is 11.5 Å². The van der Waals surface area contributed by atoms with E-state index >= 15 is 0 Å². The van der Waals surface area contributed by atoms with Crippen molar-refractivity contribution < 1.29 is 9.84 Å². The largest absolute Gasteiger partial charge is 0.508 e. The molecule has 0 saturated heterocycles. The maximum atomic E-state index is 11.3. The van der Waals surface area contributed by atoms with Gasteiger partial charge in [-0.2, -0.15) is 0 Å². The van der Waals surface area contributed by atoms with E-state index in [2.05, 4.69) is 19.9 Å². The zero-order valence-electron chi connectivity index (χ0n) is 20.2. The van der Waals surface area contributed by atoms with Gasteiger partial charge in [0.15, 0.2) is 10.3 Å². The summed E-state index contributed by atoms with van der Waals surface area (Å²) in [5.41, 5.74) is 2.78. The molecule has 0 amide bonds. The second kappa shape index (κ2) is 13.6. The molecule has 2 aromatic carbocycles. The molecule has 0 aliphatic carbocycles. The van der Waals surface area contributed by atoms with Gasteiger partial charge >= 0.3 is 0 Å². The van der Waals surface area contributed by atoms with Crippen molar-refractivity contribution in [2.24, 2.45) is 0 Å². The Balaban J connectivity index is 0.000000206. The van der Waals surface area contributed by atoms with E-state index in [0.717, 1.165) is 16.9 Å². The lowest BCUT2D eigenvalue weighted by molar-refractivity contribution is 0.414. The van der Waals surface area contributed by atoms with Crippen LogP contribution in [0, 0.1) is 13.8 Å². The minimum Gasteiger partial charge on any atom is -0.508 e. The van der Waals surface area contributed by atoms with Crippen LogP contribution in [0.1, 0.15) is 22.5 Å². The summed E-state index contributed by atoms with van der Waals surface area (Å²) < 4.78 is 5.16. The fraction of sp³-hybridized carbons (Fsp3) is 0.200. The van der Waals surface area contributed by atoms with Crippen molar-refractivity contribution in [3.63, 3.8) is 0 Å². The Morgan fingerprint density at radius 2 is 1.30 bits per heavy atom. The highest BCUT2D eigenvalue weighted by Crippen LogP contribution is 2.28. The van der Waals surface area contributed by atoms with Gasteiger partial charge in [-0.25, -0.2) is 9.97 Å². The Hall–Kier alpha value is -2.92. The van der Waals surface area contributed by atoms with Crippen molar-refractivity contribution >= 4 is 46.7 Å². The molecule has 0 bridgehead atoms. The molecule has 0 aliphatic heterocycles. The highest BCUT2D eigenvalue weighted by atomic mass is 35.5. The van der Waals surface area contributed by atoms with Gasteiger partial charge in [-0.15, -0.1) is 0 Å². The predicted molar refractivity (Wildman–Crippen MR) is 149 cm³/mol. The van der Waals surface area contributed by atoms with E-state index in [1.54, 1.807) is 39.2 Å². The smallest absolute Gasteiger partial charge is 0.251 e. The number of methoxy groups -OCH3 is 1. The first kappa shape index (κ1) is 28.6. The molecular weight excluding hydrogens is 555 g/mol. The molecule has 0 aliphatic rings. The summed E-state index contributed by atoms with van der Waals surface area (Å²) >= 11 is 14.9. The van der Waals surface area contributed by atoms with Crippen LogP contribution in [0.15, 0.2) is 68.4 Å². The van der Waals surface area contributed by atoms with Crippen LogP contribution >= 0.6 is 46.7 Å². The number of phenols is 1. The molecule has 0 fully saturated rings. The molecule has 12 heteroatoms. The van der Waals surface area contributed by atoms with Crippen LogP contribution in [0.4, 0.5) is 0 Å². The van der Waals surface area contributed by atoms with Crippen molar-refractivity contribution in [2.45, 2.75) is 35.7 Å². The molecule has 0 radical (unpaired) electrons. The van der Waals surface area contributed by atoms with Gasteiger partial charge in [-0.1, -0.05) is 46.7 Å². The molecule has 37 heavy (non-hydrogen) atoms. The number of thioether (sulfide) groups is 2. The number of hydrogen-bond acceptors (Lipinski definition) is 8. The number of aromatic nitrogens is 4. The number of aromatic hydroxyl groups is 1. The van der Waals surface area contributed by atoms with E-state index in [1.165, 1.54) is 41.7 Å². The number of nitrogens with zero attached hydrogens (tertiary/aromatic N) is 2. The van der Waals surface area contributed by atoms with Gasteiger partial charge in [-0.3, -0.25) is 9.59 Å². The zero-order valence-corrected chi connectivity index (χ0v) is 23.3. The quantitative estimate of drug-likeness (QED) is 0.187. The van der Waals surface area contributed by atoms with Crippen LogP contribution in [0.2, 0.25) is 10.0 Å². The number of nitrogens with one attached hydrogen (secondary N) is 2. The average Bonchev–Trinajstić information content (AvgIpc) is 2.83. The van der Waals surface area contributed by atoms with Gasteiger partial charge in [0.25, 0.3) is 11.1 Å². The number of aryl methyl sites for hydroxylation is 2. The van der Waals surface area contributed by atoms with Crippen molar-refractivity contribution in [2.75, 3.05) is 7.11 Å². The monoisotopic (exact) mass is 578 g/mol. The van der Waals surface area contributed by atoms with Crippen molar-refractivity contribution in [3.05, 3.63) is 102 Å². The fourth-order valence-electron chi connectivity index (χ4n) is 2.99. The lowest BCUT2D eigenvalue weighted by Gasteiger charge is -2.06. The highest BCUT2D eigenvalue weighted by Gasteiger charge is 2.06. The third kappa shape index (κ3) is 9.15. The summed E-state index contributed by atoms with van der Waals surface area (Å²) in [6.45, 7) is 3.55. The van der Waals surface area contributed by atoms with Crippen LogP contribution in [-0.4, -0.2) is 32.2 Å². The summed E-state index contributed by atoms with van der Waals surface area (Å²) in [6.07, 6.45) is 0. The summed E-state index contributed by atoms with van der Waals surface area (Å²) in [5.74, 6) is 2.06.